The predicted molar refractivity (Wildman–Crippen MR) is 95.4 cm³/mol. The van der Waals surface area contributed by atoms with Crippen molar-refractivity contribution in [3.05, 3.63) is 29.8 Å². The average molecular weight is 337 g/mol. The fraction of sp³-hybridized carbons (Fsp3) is 0.632. The minimum Gasteiger partial charge on any atom is -0.508 e. The van der Waals surface area contributed by atoms with E-state index in [0.29, 0.717) is 0 Å². The highest BCUT2D eigenvalue weighted by Gasteiger charge is 2.38. The SMILES string of the molecule is CCC(=O)O.CN(C)CC(c1ccc(O)cc1)C1(O)CCCCC1. The van der Waals surface area contributed by atoms with E-state index in [9.17, 15) is 15.0 Å². The number of benzene rings is 1. The van der Waals surface area contributed by atoms with Crippen LogP contribution in [0.3, 0.4) is 0 Å². The van der Waals surface area contributed by atoms with E-state index in [2.05, 4.69) is 4.90 Å². The van der Waals surface area contributed by atoms with Crippen molar-refractivity contribution in [1.29, 1.82) is 0 Å². The zero-order valence-electron chi connectivity index (χ0n) is 15.0. The van der Waals surface area contributed by atoms with Crippen LogP contribution in [0.2, 0.25) is 0 Å². The number of phenolic OH excluding ortho intramolecular Hbond substituents is 1. The van der Waals surface area contributed by atoms with Gasteiger partial charge in [0.05, 0.1) is 5.60 Å². The maximum atomic E-state index is 11.0. The summed E-state index contributed by atoms with van der Waals surface area (Å²) >= 11 is 0. The number of aliphatic carboxylic acids is 1. The van der Waals surface area contributed by atoms with Crippen molar-refractivity contribution < 1.29 is 20.1 Å². The van der Waals surface area contributed by atoms with Crippen LogP contribution in [-0.4, -0.2) is 52.4 Å². The van der Waals surface area contributed by atoms with Gasteiger partial charge < -0.3 is 20.2 Å². The van der Waals surface area contributed by atoms with Crippen LogP contribution in [0.4, 0.5) is 0 Å². The van der Waals surface area contributed by atoms with Gasteiger partial charge in [-0.2, -0.15) is 0 Å². The molecule has 1 aliphatic rings. The highest BCUT2D eigenvalue weighted by molar-refractivity contribution is 5.66. The maximum Gasteiger partial charge on any atom is 0.303 e. The van der Waals surface area contributed by atoms with Gasteiger partial charge in [0.2, 0.25) is 0 Å². The van der Waals surface area contributed by atoms with Crippen LogP contribution in [0.25, 0.3) is 0 Å². The molecule has 1 atom stereocenters. The number of carbonyl (C=O) groups is 1. The van der Waals surface area contributed by atoms with Gasteiger partial charge in [-0.1, -0.05) is 38.3 Å². The van der Waals surface area contributed by atoms with E-state index < -0.39 is 11.6 Å². The molecule has 1 aliphatic carbocycles. The Morgan fingerprint density at radius 3 is 2.08 bits per heavy atom. The Balaban J connectivity index is 0.000000505. The number of hydrogen-bond donors (Lipinski definition) is 3. The van der Waals surface area contributed by atoms with Crippen LogP contribution in [0.15, 0.2) is 24.3 Å². The number of nitrogens with zero attached hydrogens (tertiary/aromatic N) is 1. The molecule has 0 aliphatic heterocycles. The van der Waals surface area contributed by atoms with Crippen molar-refractivity contribution in [1.82, 2.24) is 4.90 Å². The Kier molecular flexibility index (Phi) is 8.22. The van der Waals surface area contributed by atoms with Gasteiger partial charge in [-0.3, -0.25) is 4.79 Å². The van der Waals surface area contributed by atoms with Crippen molar-refractivity contribution in [2.45, 2.75) is 57.0 Å². The Morgan fingerprint density at radius 1 is 1.17 bits per heavy atom. The maximum absolute atomic E-state index is 11.0. The van der Waals surface area contributed by atoms with Gasteiger partial charge in [-0.05, 0) is 44.6 Å². The Hall–Kier alpha value is -1.59. The van der Waals surface area contributed by atoms with Gasteiger partial charge in [0, 0.05) is 18.9 Å². The monoisotopic (exact) mass is 337 g/mol. The number of hydrogen-bond acceptors (Lipinski definition) is 4. The van der Waals surface area contributed by atoms with Gasteiger partial charge in [0.25, 0.3) is 0 Å². The minimum absolute atomic E-state index is 0.114. The molecule has 1 fully saturated rings. The molecule has 1 saturated carbocycles. The third kappa shape index (κ3) is 6.49. The first-order valence-corrected chi connectivity index (χ1v) is 8.66. The molecule has 24 heavy (non-hydrogen) atoms. The fourth-order valence-corrected chi connectivity index (χ4v) is 3.17. The quantitative estimate of drug-likeness (QED) is 0.769. The van der Waals surface area contributed by atoms with E-state index in [1.165, 1.54) is 6.42 Å². The number of likely N-dealkylation sites (N-methyl/N-ethyl adjacent to an activating group) is 1. The molecule has 0 bridgehead atoms. The molecule has 0 amide bonds. The molecule has 0 spiro atoms. The number of phenols is 1. The largest absolute Gasteiger partial charge is 0.508 e. The summed E-state index contributed by atoms with van der Waals surface area (Å²) in [6.45, 7) is 2.43. The lowest BCUT2D eigenvalue weighted by Gasteiger charge is -2.40. The summed E-state index contributed by atoms with van der Waals surface area (Å²) in [6, 6.07) is 7.31. The molecule has 0 saturated heterocycles. The number of carboxylic acids is 1. The minimum atomic E-state index is -0.745. The summed E-state index contributed by atoms with van der Waals surface area (Å²) in [6.07, 6.45) is 5.43. The van der Waals surface area contributed by atoms with Crippen molar-refractivity contribution in [2.24, 2.45) is 0 Å². The van der Waals surface area contributed by atoms with Crippen LogP contribution >= 0.6 is 0 Å². The van der Waals surface area contributed by atoms with Crippen LogP contribution in [0.1, 0.15) is 56.9 Å². The molecule has 1 aromatic carbocycles. The van der Waals surface area contributed by atoms with E-state index in [1.54, 1.807) is 19.1 Å². The summed E-state index contributed by atoms with van der Waals surface area (Å²) < 4.78 is 0. The van der Waals surface area contributed by atoms with Crippen LogP contribution < -0.4 is 0 Å². The van der Waals surface area contributed by atoms with Gasteiger partial charge in [-0.15, -0.1) is 0 Å². The van der Waals surface area contributed by atoms with Crippen molar-refractivity contribution in [2.75, 3.05) is 20.6 Å². The molecule has 1 unspecified atom stereocenters. The molecule has 3 N–H and O–H groups in total. The van der Waals surface area contributed by atoms with E-state index in [0.717, 1.165) is 37.8 Å². The van der Waals surface area contributed by atoms with Crippen LogP contribution in [0.5, 0.6) is 5.75 Å². The van der Waals surface area contributed by atoms with Crippen LogP contribution in [-0.2, 0) is 4.79 Å². The summed E-state index contributed by atoms with van der Waals surface area (Å²) in [5.41, 5.74) is 0.523. The Morgan fingerprint density at radius 2 is 1.67 bits per heavy atom. The second-order valence-electron chi connectivity index (χ2n) is 6.82. The number of carboxylic acid groups (broad SMARTS) is 1. The van der Waals surface area contributed by atoms with E-state index in [1.807, 2.05) is 26.2 Å². The normalized spacial score (nSPS) is 17.7. The first-order valence-electron chi connectivity index (χ1n) is 8.66. The molecule has 2 rings (SSSR count). The highest BCUT2D eigenvalue weighted by atomic mass is 16.4. The molecular weight excluding hydrogens is 306 g/mol. The molecule has 5 nitrogen and oxygen atoms in total. The van der Waals surface area contributed by atoms with E-state index >= 15 is 0 Å². The second-order valence-corrected chi connectivity index (χ2v) is 6.82. The standard InChI is InChI=1S/C16H25NO2.C3H6O2/c1-17(2)12-15(13-6-8-14(18)9-7-13)16(19)10-4-3-5-11-16;1-2-3(4)5/h6-9,15,18-19H,3-5,10-12H2,1-2H3;2H2,1H3,(H,4,5). The van der Waals surface area contributed by atoms with Gasteiger partial charge in [0.1, 0.15) is 5.75 Å². The number of aromatic hydroxyl groups is 1. The number of aliphatic hydroxyl groups is 1. The molecule has 0 heterocycles. The van der Waals surface area contributed by atoms with Crippen LogP contribution in [0, 0.1) is 0 Å². The zero-order chi connectivity index (χ0) is 18.2. The zero-order valence-corrected chi connectivity index (χ0v) is 15.0. The van der Waals surface area contributed by atoms with E-state index in [4.69, 9.17) is 5.11 Å². The summed E-state index contributed by atoms with van der Waals surface area (Å²) in [5, 5.41) is 28.2. The average Bonchev–Trinajstić information content (AvgIpc) is 2.54. The van der Waals surface area contributed by atoms with Crippen molar-refractivity contribution in [3.63, 3.8) is 0 Å². The summed E-state index contributed by atoms with van der Waals surface area (Å²) in [4.78, 5) is 11.5. The fourth-order valence-electron chi connectivity index (χ4n) is 3.17. The van der Waals surface area contributed by atoms with Crippen molar-refractivity contribution in [3.8, 4) is 5.75 Å². The lowest BCUT2D eigenvalue weighted by atomic mass is 9.72. The molecule has 1 aromatic rings. The topological polar surface area (TPSA) is 81.0 Å². The Bertz CT molecular complexity index is 493. The van der Waals surface area contributed by atoms with Gasteiger partial charge >= 0.3 is 5.97 Å². The predicted octanol–water partition coefficient (Wildman–Crippen LogP) is 3.21. The lowest BCUT2D eigenvalue weighted by molar-refractivity contribution is -0.136. The third-order valence-corrected chi connectivity index (χ3v) is 4.51. The lowest BCUT2D eigenvalue weighted by Crippen LogP contribution is -2.42. The molecule has 5 heteroatoms. The number of rotatable bonds is 5. The smallest absolute Gasteiger partial charge is 0.303 e. The van der Waals surface area contributed by atoms with Crippen molar-refractivity contribution >= 4 is 5.97 Å². The van der Waals surface area contributed by atoms with Gasteiger partial charge in [0.15, 0.2) is 0 Å². The first-order chi connectivity index (χ1) is 11.3. The molecule has 0 radical (unpaired) electrons. The van der Waals surface area contributed by atoms with E-state index in [-0.39, 0.29) is 18.1 Å². The summed E-state index contributed by atoms with van der Waals surface area (Å²) in [7, 11) is 4.08. The second kappa shape index (κ2) is 9.64. The molecule has 0 aromatic heterocycles. The molecule has 136 valence electrons. The highest BCUT2D eigenvalue weighted by Crippen LogP contribution is 2.40. The Labute approximate surface area is 144 Å². The summed E-state index contributed by atoms with van der Waals surface area (Å²) in [5.74, 6) is -0.351. The third-order valence-electron chi connectivity index (χ3n) is 4.51. The van der Waals surface area contributed by atoms with Gasteiger partial charge in [-0.25, -0.2) is 0 Å². The first kappa shape index (κ1) is 20.5. The molecular formula is C19H31NO4.